The van der Waals surface area contributed by atoms with Crippen LogP contribution in [0.2, 0.25) is 0 Å². The first-order valence-electron chi connectivity index (χ1n) is 5.33. The molecular weight excluding hydrogens is 214 g/mol. The Morgan fingerprint density at radius 3 is 3.00 bits per heavy atom. The van der Waals surface area contributed by atoms with Gasteiger partial charge in [-0.25, -0.2) is 9.97 Å². The summed E-state index contributed by atoms with van der Waals surface area (Å²) in [4.78, 5) is 11.8. The molecule has 0 amide bonds. The number of rotatable bonds is 2. The van der Waals surface area contributed by atoms with Crippen LogP contribution < -0.4 is 0 Å². The predicted octanol–water partition coefficient (Wildman–Crippen LogP) is 2.33. The van der Waals surface area contributed by atoms with E-state index in [0.717, 1.165) is 21.9 Å². The van der Waals surface area contributed by atoms with Crippen molar-refractivity contribution in [3.05, 3.63) is 48.9 Å². The highest BCUT2D eigenvalue weighted by atomic mass is 16.3. The minimum Gasteiger partial charge on any atom is -0.383 e. The topological polar surface area (TPSA) is 61.8 Å². The van der Waals surface area contributed by atoms with Crippen molar-refractivity contribution in [3.8, 4) is 0 Å². The van der Waals surface area contributed by atoms with Crippen molar-refractivity contribution in [1.29, 1.82) is 0 Å². The number of para-hydroxylation sites is 1. The molecule has 1 atom stereocenters. The molecule has 1 unspecified atom stereocenters. The van der Waals surface area contributed by atoms with Gasteiger partial charge in [0.2, 0.25) is 0 Å². The van der Waals surface area contributed by atoms with Crippen molar-refractivity contribution in [3.63, 3.8) is 0 Å². The van der Waals surface area contributed by atoms with Crippen molar-refractivity contribution in [2.45, 2.75) is 6.10 Å². The number of H-pyrrole nitrogens is 1. The van der Waals surface area contributed by atoms with Crippen LogP contribution in [-0.2, 0) is 0 Å². The van der Waals surface area contributed by atoms with E-state index >= 15 is 0 Å². The molecule has 2 heterocycles. The first-order chi connectivity index (χ1) is 8.31. The molecule has 2 aromatic heterocycles. The second-order valence-corrected chi connectivity index (χ2v) is 3.82. The Morgan fingerprint density at radius 2 is 2.18 bits per heavy atom. The van der Waals surface area contributed by atoms with E-state index in [1.165, 1.54) is 6.08 Å². The lowest BCUT2D eigenvalue weighted by Crippen LogP contribution is -1.99. The Bertz CT molecular complexity index is 702. The van der Waals surface area contributed by atoms with Crippen molar-refractivity contribution in [2.24, 2.45) is 0 Å². The maximum atomic E-state index is 9.88. The molecule has 0 bridgehead atoms. The molecule has 2 N–H and O–H groups in total. The molecular formula is C13H11N3O. The van der Waals surface area contributed by atoms with Gasteiger partial charge in [0.1, 0.15) is 6.10 Å². The second-order valence-electron chi connectivity index (χ2n) is 3.82. The minimum absolute atomic E-state index is 0.561. The number of aromatic amines is 1. The molecule has 84 valence electrons. The van der Waals surface area contributed by atoms with E-state index in [2.05, 4.69) is 21.5 Å². The highest BCUT2D eigenvalue weighted by Crippen LogP contribution is 2.27. The van der Waals surface area contributed by atoms with Crippen molar-refractivity contribution >= 4 is 21.9 Å². The van der Waals surface area contributed by atoms with Gasteiger partial charge in [0, 0.05) is 5.39 Å². The molecule has 4 heteroatoms. The van der Waals surface area contributed by atoms with Gasteiger partial charge in [-0.15, -0.1) is 6.58 Å². The number of aliphatic hydroxyl groups is 1. The summed E-state index contributed by atoms with van der Waals surface area (Å²) < 4.78 is 0. The monoisotopic (exact) mass is 225 g/mol. The van der Waals surface area contributed by atoms with Crippen molar-refractivity contribution in [1.82, 2.24) is 15.0 Å². The highest BCUT2D eigenvalue weighted by molar-refractivity contribution is 6.02. The third kappa shape index (κ3) is 1.42. The average Bonchev–Trinajstić information content (AvgIpc) is 2.86. The Hall–Kier alpha value is -2.20. The Balaban J connectivity index is 2.47. The lowest BCUT2D eigenvalue weighted by molar-refractivity contribution is 0.226. The number of aromatic nitrogens is 3. The van der Waals surface area contributed by atoms with E-state index in [-0.39, 0.29) is 0 Å². The first kappa shape index (κ1) is 9.99. The molecule has 0 saturated heterocycles. The van der Waals surface area contributed by atoms with Crippen LogP contribution in [0.4, 0.5) is 0 Å². The summed E-state index contributed by atoms with van der Waals surface area (Å²) in [7, 11) is 0. The van der Waals surface area contributed by atoms with E-state index in [1.54, 1.807) is 6.33 Å². The van der Waals surface area contributed by atoms with Crippen LogP contribution in [0.15, 0.2) is 43.2 Å². The molecule has 4 nitrogen and oxygen atoms in total. The van der Waals surface area contributed by atoms with E-state index in [1.807, 2.05) is 24.3 Å². The van der Waals surface area contributed by atoms with E-state index < -0.39 is 6.10 Å². The molecule has 3 rings (SSSR count). The zero-order valence-electron chi connectivity index (χ0n) is 9.09. The first-order valence-corrected chi connectivity index (χ1v) is 5.33. The van der Waals surface area contributed by atoms with Gasteiger partial charge in [-0.2, -0.15) is 0 Å². The summed E-state index contributed by atoms with van der Waals surface area (Å²) in [6.07, 6.45) is 2.28. The summed E-state index contributed by atoms with van der Waals surface area (Å²) in [5.41, 5.74) is 2.97. The minimum atomic E-state index is -0.789. The van der Waals surface area contributed by atoms with Crippen LogP contribution in [0.1, 0.15) is 11.8 Å². The summed E-state index contributed by atoms with van der Waals surface area (Å²) in [6.45, 7) is 3.58. The molecule has 0 aliphatic carbocycles. The lowest BCUT2D eigenvalue weighted by Gasteiger charge is -2.08. The van der Waals surface area contributed by atoms with Crippen molar-refractivity contribution < 1.29 is 5.11 Å². The third-order valence-electron chi connectivity index (χ3n) is 2.80. The number of imidazole rings is 1. The molecule has 0 aliphatic rings. The van der Waals surface area contributed by atoms with Crippen LogP contribution in [0.5, 0.6) is 0 Å². The van der Waals surface area contributed by atoms with Gasteiger partial charge < -0.3 is 10.1 Å². The fourth-order valence-corrected chi connectivity index (χ4v) is 1.98. The van der Waals surface area contributed by atoms with Crippen molar-refractivity contribution in [2.75, 3.05) is 0 Å². The number of nitrogens with one attached hydrogen (secondary N) is 1. The van der Waals surface area contributed by atoms with Crippen LogP contribution in [0.25, 0.3) is 21.9 Å². The SMILES string of the molecule is C=CC(O)c1nc2ccccc2c2nc[nH]c12. The van der Waals surface area contributed by atoms with Crippen LogP contribution in [0, 0.1) is 0 Å². The van der Waals surface area contributed by atoms with E-state index in [0.29, 0.717) is 5.69 Å². The zero-order chi connectivity index (χ0) is 11.8. The maximum Gasteiger partial charge on any atom is 0.116 e. The predicted molar refractivity (Wildman–Crippen MR) is 66.6 cm³/mol. The van der Waals surface area contributed by atoms with Gasteiger partial charge in [-0.3, -0.25) is 0 Å². The summed E-state index contributed by atoms with van der Waals surface area (Å²) in [5, 5.41) is 10.9. The average molecular weight is 225 g/mol. The van der Waals surface area contributed by atoms with Gasteiger partial charge in [-0.05, 0) is 6.07 Å². The molecule has 1 aromatic carbocycles. The smallest absolute Gasteiger partial charge is 0.116 e. The summed E-state index contributed by atoms with van der Waals surface area (Å²) in [5.74, 6) is 0. The van der Waals surface area contributed by atoms with Gasteiger partial charge in [-0.1, -0.05) is 24.3 Å². The van der Waals surface area contributed by atoms with Crippen LogP contribution in [-0.4, -0.2) is 20.1 Å². The van der Waals surface area contributed by atoms with Gasteiger partial charge in [0.15, 0.2) is 0 Å². The summed E-state index contributed by atoms with van der Waals surface area (Å²) in [6, 6.07) is 7.73. The normalized spacial score (nSPS) is 13.0. The molecule has 3 aromatic rings. The molecule has 0 fully saturated rings. The van der Waals surface area contributed by atoms with Crippen LogP contribution in [0.3, 0.4) is 0 Å². The Kier molecular flexibility index (Phi) is 2.16. The number of hydrogen-bond acceptors (Lipinski definition) is 3. The molecule has 0 spiro atoms. The quantitative estimate of drug-likeness (QED) is 0.658. The number of benzene rings is 1. The zero-order valence-corrected chi connectivity index (χ0v) is 9.09. The number of pyridine rings is 1. The Labute approximate surface area is 97.6 Å². The van der Waals surface area contributed by atoms with Crippen LogP contribution >= 0.6 is 0 Å². The number of hydrogen-bond donors (Lipinski definition) is 2. The molecule has 0 aliphatic heterocycles. The Morgan fingerprint density at radius 1 is 1.35 bits per heavy atom. The second kappa shape index (κ2) is 3.68. The fourth-order valence-electron chi connectivity index (χ4n) is 1.98. The summed E-state index contributed by atoms with van der Waals surface area (Å²) >= 11 is 0. The van der Waals surface area contributed by atoms with Gasteiger partial charge in [0.25, 0.3) is 0 Å². The van der Waals surface area contributed by atoms with E-state index in [9.17, 15) is 5.11 Å². The standard InChI is InChI=1S/C13H11N3O/c1-2-10(17)12-13-11(14-7-15-13)8-5-3-4-6-9(8)16-12/h2-7,10,17H,1H2,(H,14,15). The third-order valence-corrected chi connectivity index (χ3v) is 2.80. The maximum absolute atomic E-state index is 9.88. The fraction of sp³-hybridized carbons (Fsp3) is 0.0769. The molecule has 0 saturated carbocycles. The number of nitrogens with zero attached hydrogens (tertiary/aromatic N) is 2. The van der Waals surface area contributed by atoms with Gasteiger partial charge >= 0.3 is 0 Å². The molecule has 0 radical (unpaired) electrons. The number of aliphatic hydroxyl groups excluding tert-OH is 1. The number of fused-ring (bicyclic) bond motifs is 3. The van der Waals surface area contributed by atoms with Gasteiger partial charge in [0.05, 0.1) is 28.6 Å². The molecule has 17 heavy (non-hydrogen) atoms. The highest BCUT2D eigenvalue weighted by Gasteiger charge is 2.14. The van der Waals surface area contributed by atoms with E-state index in [4.69, 9.17) is 0 Å². The lowest BCUT2D eigenvalue weighted by atomic mass is 10.1. The largest absolute Gasteiger partial charge is 0.383 e.